The summed E-state index contributed by atoms with van der Waals surface area (Å²) >= 11 is 3.60. The van der Waals surface area contributed by atoms with Crippen LogP contribution in [0.25, 0.3) is 11.3 Å². The molecular weight excluding hydrogens is 545 g/mol. The molecule has 31 heavy (non-hydrogen) atoms. The number of thiazole rings is 1. The predicted molar refractivity (Wildman–Crippen MR) is 132 cm³/mol. The van der Waals surface area contributed by atoms with E-state index in [4.69, 9.17) is 0 Å². The van der Waals surface area contributed by atoms with Crippen LogP contribution in [0.15, 0.2) is 58.8 Å². The normalized spacial score (nSPS) is 15.4. The molecule has 0 unspecified atom stereocenters. The van der Waals surface area contributed by atoms with Crippen molar-refractivity contribution in [3.05, 3.63) is 63.0 Å². The van der Waals surface area contributed by atoms with E-state index in [-0.39, 0.29) is 10.8 Å². The monoisotopic (exact) mass is 567 g/mol. The zero-order chi connectivity index (χ0) is 21.8. The molecule has 0 radical (unpaired) electrons. The maximum absolute atomic E-state index is 12.9. The van der Waals surface area contributed by atoms with Crippen LogP contribution in [0.2, 0.25) is 0 Å². The molecule has 1 aliphatic rings. The third-order valence-corrected chi connectivity index (χ3v) is 8.57. The first kappa shape index (κ1) is 22.4. The van der Waals surface area contributed by atoms with Crippen LogP contribution in [0.4, 0.5) is 5.13 Å². The quantitative estimate of drug-likeness (QED) is 0.429. The average molecular weight is 567 g/mol. The first-order chi connectivity index (χ1) is 14.9. The van der Waals surface area contributed by atoms with Crippen LogP contribution < -0.4 is 5.32 Å². The average Bonchev–Trinajstić information content (AvgIpc) is 3.05. The van der Waals surface area contributed by atoms with Gasteiger partial charge in [-0.2, -0.15) is 4.31 Å². The Morgan fingerprint density at radius 3 is 2.26 bits per heavy atom. The first-order valence-corrected chi connectivity index (χ1v) is 13.5. The first-order valence-electron chi connectivity index (χ1n) is 10.1. The number of carbonyl (C=O) groups is 1. The lowest BCUT2D eigenvalue weighted by Crippen LogP contribution is -2.31. The van der Waals surface area contributed by atoms with Gasteiger partial charge in [0.05, 0.1) is 10.6 Å². The van der Waals surface area contributed by atoms with Gasteiger partial charge < -0.3 is 0 Å². The number of nitrogens with zero attached hydrogens (tertiary/aromatic N) is 2. The van der Waals surface area contributed by atoms with Crippen LogP contribution in [-0.4, -0.2) is 36.7 Å². The van der Waals surface area contributed by atoms with Crippen molar-refractivity contribution in [3.63, 3.8) is 0 Å². The summed E-state index contributed by atoms with van der Waals surface area (Å²) in [6.07, 6.45) is 3.90. The lowest BCUT2D eigenvalue weighted by molar-refractivity contribution is 0.102. The molecule has 3 aromatic rings. The van der Waals surface area contributed by atoms with Crippen LogP contribution >= 0.6 is 33.9 Å². The Hall–Kier alpha value is -1.82. The summed E-state index contributed by atoms with van der Waals surface area (Å²) in [7, 11) is -3.53. The molecule has 0 spiro atoms. The molecule has 2 heterocycles. The molecule has 0 saturated carbocycles. The Labute approximate surface area is 199 Å². The van der Waals surface area contributed by atoms with Crippen molar-refractivity contribution < 1.29 is 13.2 Å². The fourth-order valence-electron chi connectivity index (χ4n) is 3.46. The minimum absolute atomic E-state index is 0.223. The summed E-state index contributed by atoms with van der Waals surface area (Å²) in [6.45, 7) is 1.11. The molecule has 9 heteroatoms. The zero-order valence-corrected chi connectivity index (χ0v) is 20.5. The fraction of sp³-hybridized carbons (Fsp3) is 0.273. The second-order valence-electron chi connectivity index (χ2n) is 7.34. The number of aromatic nitrogens is 1. The summed E-state index contributed by atoms with van der Waals surface area (Å²) in [6, 6.07) is 14.1. The van der Waals surface area contributed by atoms with Crippen molar-refractivity contribution in [2.75, 3.05) is 18.4 Å². The van der Waals surface area contributed by atoms with E-state index in [1.165, 1.54) is 23.5 Å². The molecule has 0 bridgehead atoms. The second-order valence-corrected chi connectivity index (χ2v) is 11.4. The summed E-state index contributed by atoms with van der Waals surface area (Å²) in [5.74, 6) is -0.317. The Balaban J connectivity index is 1.44. The van der Waals surface area contributed by atoms with Crippen LogP contribution in [0.5, 0.6) is 0 Å². The Kier molecular flexibility index (Phi) is 7.05. The van der Waals surface area contributed by atoms with E-state index in [9.17, 15) is 13.2 Å². The van der Waals surface area contributed by atoms with Crippen molar-refractivity contribution in [3.8, 4) is 11.3 Å². The zero-order valence-electron chi connectivity index (χ0n) is 16.8. The van der Waals surface area contributed by atoms with Gasteiger partial charge in [-0.15, -0.1) is 11.3 Å². The third-order valence-electron chi connectivity index (χ3n) is 5.18. The summed E-state index contributed by atoms with van der Waals surface area (Å²) in [5, 5.41) is 5.19. The number of anilines is 1. The highest BCUT2D eigenvalue weighted by Crippen LogP contribution is 2.26. The smallest absolute Gasteiger partial charge is 0.257 e. The predicted octanol–water partition coefficient (Wildman–Crippen LogP) is 5.23. The number of halogens is 1. The molecule has 1 amide bonds. The number of benzene rings is 2. The minimum Gasteiger partial charge on any atom is -0.298 e. The molecule has 6 nitrogen and oxygen atoms in total. The largest absolute Gasteiger partial charge is 0.298 e. The number of hydrogen-bond acceptors (Lipinski definition) is 5. The second kappa shape index (κ2) is 9.76. The van der Waals surface area contributed by atoms with Gasteiger partial charge in [-0.05, 0) is 71.8 Å². The summed E-state index contributed by atoms with van der Waals surface area (Å²) in [4.78, 5) is 17.3. The topological polar surface area (TPSA) is 79.4 Å². The molecule has 1 fully saturated rings. The van der Waals surface area contributed by atoms with E-state index in [1.54, 1.807) is 16.4 Å². The van der Waals surface area contributed by atoms with E-state index in [1.807, 2.05) is 29.6 Å². The molecule has 1 aromatic heterocycles. The Bertz CT molecular complexity index is 1150. The van der Waals surface area contributed by atoms with Gasteiger partial charge in [0.15, 0.2) is 5.13 Å². The minimum atomic E-state index is -3.53. The van der Waals surface area contributed by atoms with Crippen molar-refractivity contribution in [2.45, 2.75) is 30.6 Å². The van der Waals surface area contributed by atoms with Crippen molar-refractivity contribution in [1.82, 2.24) is 9.29 Å². The van der Waals surface area contributed by atoms with E-state index in [0.29, 0.717) is 23.8 Å². The number of amides is 1. The molecule has 1 N–H and O–H groups in total. The van der Waals surface area contributed by atoms with Crippen molar-refractivity contribution in [1.29, 1.82) is 0 Å². The van der Waals surface area contributed by atoms with Gasteiger partial charge in [0.1, 0.15) is 0 Å². The van der Waals surface area contributed by atoms with Gasteiger partial charge in [0.2, 0.25) is 10.0 Å². The summed E-state index contributed by atoms with van der Waals surface area (Å²) in [5.41, 5.74) is 2.18. The Morgan fingerprint density at radius 1 is 0.968 bits per heavy atom. The van der Waals surface area contributed by atoms with Gasteiger partial charge in [-0.1, -0.05) is 25.0 Å². The highest BCUT2D eigenvalue weighted by Gasteiger charge is 2.25. The number of rotatable bonds is 5. The SMILES string of the molecule is O=C(Nc1nc(-c2ccc(I)cc2)cs1)c1ccc(S(=O)(=O)N2CCCCCC2)cc1. The van der Waals surface area contributed by atoms with E-state index in [2.05, 4.69) is 32.9 Å². The maximum atomic E-state index is 12.9. The van der Waals surface area contributed by atoms with Crippen LogP contribution in [0, 0.1) is 3.57 Å². The van der Waals surface area contributed by atoms with Crippen LogP contribution in [0.3, 0.4) is 0 Å². The molecule has 4 rings (SSSR count). The lowest BCUT2D eigenvalue weighted by atomic mass is 10.2. The fourth-order valence-corrected chi connectivity index (χ4v) is 6.05. The molecule has 0 atom stereocenters. The van der Waals surface area contributed by atoms with Gasteiger partial charge in [0.25, 0.3) is 5.91 Å². The van der Waals surface area contributed by atoms with Crippen LogP contribution in [-0.2, 0) is 10.0 Å². The molecule has 0 aliphatic carbocycles. The van der Waals surface area contributed by atoms with E-state index >= 15 is 0 Å². The number of carbonyl (C=O) groups excluding carboxylic acids is 1. The van der Waals surface area contributed by atoms with Crippen LogP contribution in [0.1, 0.15) is 36.0 Å². The Morgan fingerprint density at radius 2 is 1.61 bits per heavy atom. The highest BCUT2D eigenvalue weighted by atomic mass is 127. The van der Waals surface area contributed by atoms with Crippen molar-refractivity contribution >= 4 is 55.0 Å². The van der Waals surface area contributed by atoms with Gasteiger partial charge in [-0.25, -0.2) is 13.4 Å². The van der Waals surface area contributed by atoms with E-state index in [0.717, 1.165) is 40.5 Å². The standard InChI is InChI=1S/C22H22IN3O3S2/c23-18-9-5-16(6-10-18)20-15-30-22(24-20)25-21(27)17-7-11-19(12-8-17)31(28,29)26-13-3-1-2-4-14-26/h5-12,15H,1-4,13-14H2,(H,24,25,27). The number of nitrogens with one attached hydrogen (secondary N) is 1. The van der Waals surface area contributed by atoms with Gasteiger partial charge in [-0.3, -0.25) is 10.1 Å². The molecular formula is C22H22IN3O3S2. The molecule has 2 aromatic carbocycles. The van der Waals surface area contributed by atoms with Crippen molar-refractivity contribution in [2.24, 2.45) is 0 Å². The van der Waals surface area contributed by atoms with Gasteiger partial charge in [0, 0.05) is 33.2 Å². The van der Waals surface area contributed by atoms with Gasteiger partial charge >= 0.3 is 0 Å². The molecule has 1 saturated heterocycles. The number of sulfonamides is 1. The lowest BCUT2D eigenvalue weighted by Gasteiger charge is -2.20. The maximum Gasteiger partial charge on any atom is 0.257 e. The number of hydrogen-bond donors (Lipinski definition) is 1. The molecule has 1 aliphatic heterocycles. The molecule has 162 valence electrons. The summed E-state index contributed by atoms with van der Waals surface area (Å²) < 4.78 is 28.5. The third kappa shape index (κ3) is 5.33. The highest BCUT2D eigenvalue weighted by molar-refractivity contribution is 14.1. The van der Waals surface area contributed by atoms with E-state index < -0.39 is 10.0 Å².